The van der Waals surface area contributed by atoms with Crippen LogP contribution in [0.3, 0.4) is 0 Å². The summed E-state index contributed by atoms with van der Waals surface area (Å²) < 4.78 is 33.2. The molecular formula is C16H14BrF2NO2. The van der Waals surface area contributed by atoms with Gasteiger partial charge in [-0.15, -0.1) is 0 Å². The summed E-state index contributed by atoms with van der Waals surface area (Å²) in [5, 5.41) is 2.45. The Labute approximate surface area is 135 Å². The summed E-state index contributed by atoms with van der Waals surface area (Å²) in [6.45, 7) is 1.73. The summed E-state index contributed by atoms with van der Waals surface area (Å²) in [6, 6.07) is 10.1. The maximum atomic E-state index is 13.7. The molecule has 0 heterocycles. The van der Waals surface area contributed by atoms with Gasteiger partial charge in [0.2, 0.25) is 0 Å². The molecule has 0 aliphatic heterocycles. The van der Waals surface area contributed by atoms with Gasteiger partial charge >= 0.3 is 0 Å². The second-order valence-corrected chi connectivity index (χ2v) is 5.47. The first kappa shape index (κ1) is 16.4. The van der Waals surface area contributed by atoms with Crippen molar-refractivity contribution in [2.45, 2.75) is 19.4 Å². The summed E-state index contributed by atoms with van der Waals surface area (Å²) >= 11 is 3.14. The summed E-state index contributed by atoms with van der Waals surface area (Å²) in [5.74, 6) is -1.67. The quantitative estimate of drug-likeness (QED) is 0.840. The van der Waals surface area contributed by atoms with Crippen molar-refractivity contribution >= 4 is 27.5 Å². The van der Waals surface area contributed by atoms with E-state index in [4.69, 9.17) is 4.74 Å². The third-order valence-electron chi connectivity index (χ3n) is 2.96. The summed E-state index contributed by atoms with van der Waals surface area (Å²) in [5.41, 5.74) is 0.0452. The Kier molecular flexibility index (Phi) is 5.49. The van der Waals surface area contributed by atoms with Gasteiger partial charge in [-0.2, -0.15) is 0 Å². The van der Waals surface area contributed by atoms with Gasteiger partial charge in [0, 0.05) is 4.47 Å². The third-order valence-corrected chi connectivity index (χ3v) is 3.45. The van der Waals surface area contributed by atoms with Crippen molar-refractivity contribution < 1.29 is 18.3 Å². The van der Waals surface area contributed by atoms with Gasteiger partial charge in [-0.25, -0.2) is 8.78 Å². The molecule has 0 saturated heterocycles. The van der Waals surface area contributed by atoms with E-state index in [0.717, 1.165) is 0 Å². The van der Waals surface area contributed by atoms with E-state index in [-0.39, 0.29) is 11.4 Å². The van der Waals surface area contributed by atoms with Crippen LogP contribution in [0.15, 0.2) is 46.9 Å². The topological polar surface area (TPSA) is 38.3 Å². The minimum Gasteiger partial charge on any atom is -0.478 e. The number of hydrogen-bond acceptors (Lipinski definition) is 2. The van der Waals surface area contributed by atoms with Crippen LogP contribution in [0.25, 0.3) is 0 Å². The van der Waals surface area contributed by atoms with Crippen LogP contribution in [0.5, 0.6) is 5.75 Å². The van der Waals surface area contributed by atoms with Crippen LogP contribution in [0.1, 0.15) is 13.3 Å². The predicted octanol–water partition coefficient (Wildman–Crippen LogP) is 4.52. The molecule has 116 valence electrons. The zero-order chi connectivity index (χ0) is 16.1. The number of rotatable bonds is 5. The third kappa shape index (κ3) is 4.04. The zero-order valence-corrected chi connectivity index (χ0v) is 13.4. The van der Waals surface area contributed by atoms with E-state index in [1.165, 1.54) is 30.3 Å². The fraction of sp³-hybridized carbons (Fsp3) is 0.188. The molecule has 1 unspecified atom stereocenters. The van der Waals surface area contributed by atoms with Gasteiger partial charge < -0.3 is 10.1 Å². The highest BCUT2D eigenvalue weighted by Gasteiger charge is 2.21. The number of hydrogen-bond donors (Lipinski definition) is 1. The van der Waals surface area contributed by atoms with Crippen LogP contribution in [0, 0.1) is 11.6 Å². The van der Waals surface area contributed by atoms with E-state index >= 15 is 0 Å². The van der Waals surface area contributed by atoms with Crippen LogP contribution in [-0.4, -0.2) is 12.0 Å². The molecule has 0 saturated carbocycles. The molecular weight excluding hydrogens is 356 g/mol. The number of anilines is 1. The van der Waals surface area contributed by atoms with Gasteiger partial charge in [0.05, 0.1) is 5.69 Å². The average molecular weight is 370 g/mol. The average Bonchev–Trinajstić information content (AvgIpc) is 2.49. The van der Waals surface area contributed by atoms with Crippen molar-refractivity contribution in [2.24, 2.45) is 0 Å². The second-order valence-electron chi connectivity index (χ2n) is 4.56. The van der Waals surface area contributed by atoms with E-state index in [1.807, 2.05) is 0 Å². The number of ether oxygens (including phenoxy) is 1. The lowest BCUT2D eigenvalue weighted by Crippen LogP contribution is -2.32. The molecule has 1 N–H and O–H groups in total. The number of carbonyl (C=O) groups excluding carboxylic acids is 1. The molecule has 6 heteroatoms. The molecule has 0 bridgehead atoms. The predicted molar refractivity (Wildman–Crippen MR) is 83.8 cm³/mol. The monoisotopic (exact) mass is 369 g/mol. The number of benzene rings is 2. The SMILES string of the molecule is CCC(Oc1ccccc1F)C(=O)Nc1ccc(Br)cc1F. The van der Waals surface area contributed by atoms with Crippen LogP contribution in [0.4, 0.5) is 14.5 Å². The number of carbonyl (C=O) groups is 1. The normalized spacial score (nSPS) is 11.8. The van der Waals surface area contributed by atoms with Crippen LogP contribution >= 0.6 is 15.9 Å². The van der Waals surface area contributed by atoms with Gasteiger partial charge in [0.25, 0.3) is 5.91 Å². The van der Waals surface area contributed by atoms with E-state index in [0.29, 0.717) is 10.9 Å². The molecule has 1 amide bonds. The molecule has 0 radical (unpaired) electrons. The number of halogens is 3. The molecule has 0 aromatic heterocycles. The Morgan fingerprint density at radius 2 is 1.95 bits per heavy atom. The lowest BCUT2D eigenvalue weighted by Gasteiger charge is -2.18. The highest BCUT2D eigenvalue weighted by Crippen LogP contribution is 2.21. The Balaban J connectivity index is 2.10. The van der Waals surface area contributed by atoms with Crippen molar-refractivity contribution in [3.8, 4) is 5.75 Å². The summed E-state index contributed by atoms with van der Waals surface area (Å²) in [7, 11) is 0. The first-order valence-corrected chi connectivity index (χ1v) is 7.47. The first-order valence-electron chi connectivity index (χ1n) is 6.68. The highest BCUT2D eigenvalue weighted by atomic mass is 79.9. The standard InChI is InChI=1S/C16H14BrF2NO2/c1-2-14(22-15-6-4-3-5-11(15)18)16(21)20-13-8-7-10(17)9-12(13)19/h3-9,14H,2H2,1H3,(H,20,21). The molecule has 0 aliphatic rings. The molecule has 2 aromatic carbocycles. The number of nitrogens with one attached hydrogen (secondary N) is 1. The minimum absolute atomic E-state index is 0.0132. The van der Waals surface area contributed by atoms with Crippen molar-refractivity contribution in [1.29, 1.82) is 0 Å². The highest BCUT2D eigenvalue weighted by molar-refractivity contribution is 9.10. The van der Waals surface area contributed by atoms with Crippen LogP contribution < -0.4 is 10.1 Å². The van der Waals surface area contributed by atoms with Crippen LogP contribution in [0.2, 0.25) is 0 Å². The fourth-order valence-corrected chi connectivity index (χ4v) is 2.15. The van der Waals surface area contributed by atoms with Gasteiger partial charge in [-0.3, -0.25) is 4.79 Å². The second kappa shape index (κ2) is 7.35. The van der Waals surface area contributed by atoms with Crippen LogP contribution in [-0.2, 0) is 4.79 Å². The van der Waals surface area contributed by atoms with E-state index in [2.05, 4.69) is 21.2 Å². The molecule has 22 heavy (non-hydrogen) atoms. The lowest BCUT2D eigenvalue weighted by molar-refractivity contribution is -0.122. The Bertz CT molecular complexity index is 679. The zero-order valence-electron chi connectivity index (χ0n) is 11.8. The molecule has 2 aromatic rings. The maximum Gasteiger partial charge on any atom is 0.265 e. The summed E-state index contributed by atoms with van der Waals surface area (Å²) in [4.78, 5) is 12.2. The van der Waals surface area contributed by atoms with E-state index in [1.54, 1.807) is 19.1 Å². The van der Waals surface area contributed by atoms with E-state index < -0.39 is 23.6 Å². The van der Waals surface area contributed by atoms with Gasteiger partial charge in [-0.1, -0.05) is 35.0 Å². The smallest absolute Gasteiger partial charge is 0.265 e. The lowest BCUT2D eigenvalue weighted by atomic mass is 10.2. The van der Waals surface area contributed by atoms with E-state index in [9.17, 15) is 13.6 Å². The molecule has 0 spiro atoms. The maximum absolute atomic E-state index is 13.7. The van der Waals surface area contributed by atoms with Crippen molar-refractivity contribution in [1.82, 2.24) is 0 Å². The van der Waals surface area contributed by atoms with Crippen molar-refractivity contribution in [2.75, 3.05) is 5.32 Å². The Morgan fingerprint density at radius 3 is 2.59 bits per heavy atom. The molecule has 2 rings (SSSR count). The molecule has 0 fully saturated rings. The Hall–Kier alpha value is -1.95. The van der Waals surface area contributed by atoms with Crippen molar-refractivity contribution in [3.63, 3.8) is 0 Å². The largest absolute Gasteiger partial charge is 0.478 e. The molecule has 1 atom stereocenters. The number of amides is 1. The van der Waals surface area contributed by atoms with Gasteiger partial charge in [0.1, 0.15) is 5.82 Å². The van der Waals surface area contributed by atoms with Gasteiger partial charge in [-0.05, 0) is 36.8 Å². The fourth-order valence-electron chi connectivity index (χ4n) is 1.82. The van der Waals surface area contributed by atoms with Gasteiger partial charge in [0.15, 0.2) is 17.7 Å². The summed E-state index contributed by atoms with van der Waals surface area (Å²) in [6.07, 6.45) is -0.599. The first-order chi connectivity index (χ1) is 10.5. The Morgan fingerprint density at radius 1 is 1.23 bits per heavy atom. The molecule has 0 aliphatic carbocycles. The number of para-hydroxylation sites is 1. The minimum atomic E-state index is -0.917. The molecule has 3 nitrogen and oxygen atoms in total. The van der Waals surface area contributed by atoms with Crippen molar-refractivity contribution in [3.05, 3.63) is 58.6 Å².